The van der Waals surface area contributed by atoms with Crippen molar-refractivity contribution in [1.29, 1.82) is 0 Å². The topological polar surface area (TPSA) is 76.7 Å². The molecule has 0 spiro atoms. The fourth-order valence-electron chi connectivity index (χ4n) is 5.14. The van der Waals surface area contributed by atoms with E-state index in [1.165, 1.54) is 0 Å². The van der Waals surface area contributed by atoms with Gasteiger partial charge < -0.3 is 9.47 Å². The first-order chi connectivity index (χ1) is 14.3. The molecule has 4 rings (SSSR count). The summed E-state index contributed by atoms with van der Waals surface area (Å²) < 4.78 is 11.8. The minimum Gasteiger partial charge on any atom is -0.442 e. The summed E-state index contributed by atoms with van der Waals surface area (Å²) in [7, 11) is 0. The van der Waals surface area contributed by atoms with Crippen molar-refractivity contribution < 1.29 is 19.1 Å². The summed E-state index contributed by atoms with van der Waals surface area (Å²) in [6.07, 6.45) is -0.218. The van der Waals surface area contributed by atoms with Crippen molar-refractivity contribution in [3.8, 4) is 0 Å². The summed E-state index contributed by atoms with van der Waals surface area (Å²) in [4.78, 5) is 25.2. The number of amides is 2. The van der Waals surface area contributed by atoms with Crippen LogP contribution < -0.4 is 10.6 Å². The Labute approximate surface area is 177 Å². The van der Waals surface area contributed by atoms with Crippen molar-refractivity contribution in [2.75, 3.05) is 10.6 Å². The van der Waals surface area contributed by atoms with Gasteiger partial charge in [0.2, 0.25) is 0 Å². The van der Waals surface area contributed by atoms with Crippen LogP contribution in [0.4, 0.5) is 21.0 Å². The predicted molar refractivity (Wildman–Crippen MR) is 115 cm³/mol. The zero-order valence-corrected chi connectivity index (χ0v) is 17.6. The maximum atomic E-state index is 12.6. The molecule has 0 radical (unpaired) electrons. The first-order valence-electron chi connectivity index (χ1n) is 10.4. The summed E-state index contributed by atoms with van der Waals surface area (Å²) in [5.41, 5.74) is 0.927. The van der Waals surface area contributed by atoms with Gasteiger partial charge in [-0.15, -0.1) is 0 Å². The molecule has 2 amide bonds. The van der Waals surface area contributed by atoms with Crippen LogP contribution in [-0.2, 0) is 9.47 Å². The van der Waals surface area contributed by atoms with Gasteiger partial charge in [-0.25, -0.2) is 9.59 Å². The number of hydrogen-bond acceptors (Lipinski definition) is 4. The Kier molecular flexibility index (Phi) is 5.18. The zero-order chi connectivity index (χ0) is 21.4. The predicted octanol–water partition coefficient (Wildman–Crippen LogP) is 5.68. The minimum absolute atomic E-state index is 0.123. The molecular weight excluding hydrogens is 380 g/mol. The van der Waals surface area contributed by atoms with Gasteiger partial charge in [0.1, 0.15) is 12.2 Å². The lowest BCUT2D eigenvalue weighted by Gasteiger charge is -2.38. The number of para-hydroxylation sites is 2. The number of rotatable bonds is 4. The Morgan fingerprint density at radius 3 is 1.87 bits per heavy atom. The van der Waals surface area contributed by atoms with Gasteiger partial charge in [0.25, 0.3) is 0 Å². The normalized spacial score (nSPS) is 28.6. The maximum Gasteiger partial charge on any atom is 0.412 e. The molecule has 4 atom stereocenters. The van der Waals surface area contributed by atoms with Gasteiger partial charge in [-0.1, -0.05) is 57.2 Å². The summed E-state index contributed by atoms with van der Waals surface area (Å²) >= 11 is 0. The van der Waals surface area contributed by atoms with Gasteiger partial charge in [-0.3, -0.25) is 10.6 Å². The Morgan fingerprint density at radius 2 is 1.33 bits per heavy atom. The number of ether oxygens (including phenoxy) is 2. The molecule has 0 aromatic heterocycles. The third-order valence-corrected chi connectivity index (χ3v) is 7.21. The van der Waals surface area contributed by atoms with E-state index in [-0.39, 0.29) is 16.7 Å². The molecule has 2 aliphatic rings. The highest BCUT2D eigenvalue weighted by Crippen LogP contribution is 2.67. The third kappa shape index (κ3) is 3.51. The molecule has 2 aliphatic carbocycles. The van der Waals surface area contributed by atoms with Crippen LogP contribution in [0.3, 0.4) is 0 Å². The van der Waals surface area contributed by atoms with Crippen LogP contribution in [0, 0.1) is 16.7 Å². The number of carbonyl (C=O) groups excluding carboxylic acids is 2. The van der Waals surface area contributed by atoms with Crippen molar-refractivity contribution in [3.63, 3.8) is 0 Å². The molecule has 6 nitrogen and oxygen atoms in total. The highest BCUT2D eigenvalue weighted by atomic mass is 16.6. The van der Waals surface area contributed by atoms with E-state index in [0.29, 0.717) is 11.4 Å². The standard InChI is InChI=1S/C24H28N2O4/c1-23(2)18-14-15-24(23,3)20(30-22(28)26-17-12-8-5-9-13-17)19(18)29-21(27)25-16-10-6-4-7-11-16/h4-13,18-20H,14-15H2,1-3H3,(H,25,27)(H,26,28)/t18-,19+,20+,24+/m0/s1. The van der Waals surface area contributed by atoms with E-state index in [9.17, 15) is 9.59 Å². The highest BCUT2D eigenvalue weighted by Gasteiger charge is 2.69. The monoisotopic (exact) mass is 408 g/mol. The van der Waals surface area contributed by atoms with E-state index in [2.05, 4.69) is 31.4 Å². The quantitative estimate of drug-likeness (QED) is 0.683. The Bertz CT molecular complexity index is 915. The Morgan fingerprint density at radius 1 is 0.833 bits per heavy atom. The number of fused-ring (bicyclic) bond motifs is 2. The van der Waals surface area contributed by atoms with Gasteiger partial charge in [-0.05, 0) is 42.5 Å². The molecule has 2 bridgehead atoms. The van der Waals surface area contributed by atoms with Gasteiger partial charge in [0.15, 0.2) is 0 Å². The van der Waals surface area contributed by atoms with Gasteiger partial charge in [0, 0.05) is 22.7 Å². The van der Waals surface area contributed by atoms with Gasteiger partial charge >= 0.3 is 12.2 Å². The lowest BCUT2D eigenvalue weighted by molar-refractivity contribution is -0.0580. The summed E-state index contributed by atoms with van der Waals surface area (Å²) in [5.74, 6) is 0.124. The fourth-order valence-corrected chi connectivity index (χ4v) is 5.14. The molecule has 2 N–H and O–H groups in total. The molecule has 6 heteroatoms. The van der Waals surface area contributed by atoms with Crippen molar-refractivity contribution >= 4 is 23.6 Å². The molecule has 2 aromatic rings. The van der Waals surface area contributed by atoms with Crippen LogP contribution in [0.1, 0.15) is 33.6 Å². The second kappa shape index (κ2) is 7.67. The number of hydrogen-bond donors (Lipinski definition) is 2. The third-order valence-electron chi connectivity index (χ3n) is 7.21. The SMILES string of the molecule is CC1(C)[C@H]2CC[C@]1(C)[C@H](OC(=O)Nc1ccccc1)[C@@H]2OC(=O)Nc1ccccc1. The molecule has 0 saturated heterocycles. The van der Waals surface area contributed by atoms with E-state index in [1.807, 2.05) is 36.4 Å². The molecule has 30 heavy (non-hydrogen) atoms. The summed E-state index contributed by atoms with van der Waals surface area (Å²) in [6.45, 7) is 6.48. The van der Waals surface area contributed by atoms with E-state index in [4.69, 9.17) is 9.47 Å². The second-order valence-corrected chi connectivity index (χ2v) is 8.96. The highest BCUT2D eigenvalue weighted by molar-refractivity contribution is 5.85. The summed E-state index contributed by atoms with van der Waals surface area (Å²) in [5, 5.41) is 5.53. The molecule has 0 unspecified atom stereocenters. The van der Waals surface area contributed by atoms with Crippen LogP contribution in [0.5, 0.6) is 0 Å². The van der Waals surface area contributed by atoms with E-state index < -0.39 is 24.4 Å². The smallest absolute Gasteiger partial charge is 0.412 e. The van der Waals surface area contributed by atoms with E-state index in [0.717, 1.165) is 12.8 Å². The average molecular weight is 408 g/mol. The van der Waals surface area contributed by atoms with Crippen LogP contribution in [-0.4, -0.2) is 24.4 Å². The number of benzene rings is 2. The lowest BCUT2D eigenvalue weighted by atomic mass is 9.70. The van der Waals surface area contributed by atoms with Gasteiger partial charge in [-0.2, -0.15) is 0 Å². The van der Waals surface area contributed by atoms with E-state index in [1.54, 1.807) is 24.3 Å². The molecule has 2 aromatic carbocycles. The lowest BCUT2D eigenvalue weighted by Crippen LogP contribution is -2.46. The van der Waals surface area contributed by atoms with Crippen molar-refractivity contribution in [1.82, 2.24) is 0 Å². The average Bonchev–Trinajstić information content (AvgIpc) is 3.03. The maximum absolute atomic E-state index is 12.6. The largest absolute Gasteiger partial charge is 0.442 e. The van der Waals surface area contributed by atoms with Crippen molar-refractivity contribution in [3.05, 3.63) is 60.7 Å². The first kappa shape index (κ1) is 20.3. The molecule has 158 valence electrons. The van der Waals surface area contributed by atoms with Crippen LogP contribution in [0.25, 0.3) is 0 Å². The van der Waals surface area contributed by atoms with E-state index >= 15 is 0 Å². The molecule has 0 aliphatic heterocycles. The molecular formula is C24H28N2O4. The van der Waals surface area contributed by atoms with Crippen molar-refractivity contribution in [2.45, 2.75) is 45.8 Å². The zero-order valence-electron chi connectivity index (χ0n) is 17.6. The Balaban J connectivity index is 1.50. The van der Waals surface area contributed by atoms with Crippen molar-refractivity contribution in [2.24, 2.45) is 16.7 Å². The number of carbonyl (C=O) groups is 2. The van der Waals surface area contributed by atoms with Gasteiger partial charge in [0.05, 0.1) is 0 Å². The van der Waals surface area contributed by atoms with Crippen LogP contribution >= 0.6 is 0 Å². The first-order valence-corrected chi connectivity index (χ1v) is 10.4. The van der Waals surface area contributed by atoms with Crippen LogP contribution in [0.15, 0.2) is 60.7 Å². The molecule has 0 heterocycles. The Hall–Kier alpha value is -3.02. The minimum atomic E-state index is -0.534. The number of nitrogens with one attached hydrogen (secondary N) is 2. The summed E-state index contributed by atoms with van der Waals surface area (Å²) in [6, 6.07) is 18.3. The molecule has 2 saturated carbocycles. The molecule has 2 fully saturated rings. The number of anilines is 2. The fraction of sp³-hybridized carbons (Fsp3) is 0.417. The van der Waals surface area contributed by atoms with Crippen LogP contribution in [0.2, 0.25) is 0 Å². The second-order valence-electron chi connectivity index (χ2n) is 8.96.